The Morgan fingerprint density at radius 1 is 1.20 bits per heavy atom. The summed E-state index contributed by atoms with van der Waals surface area (Å²) in [6.45, 7) is 4.65. The van der Waals surface area contributed by atoms with Crippen LogP contribution in [0.15, 0.2) is 29.3 Å². The number of nitrogens with zero attached hydrogens (tertiary/aromatic N) is 2. The molecule has 0 spiro atoms. The van der Waals surface area contributed by atoms with Crippen LogP contribution in [0.5, 0.6) is 5.75 Å². The largest absolute Gasteiger partial charge is 0.496 e. The minimum atomic E-state index is 0. The summed E-state index contributed by atoms with van der Waals surface area (Å²) in [5.74, 6) is 1.75. The summed E-state index contributed by atoms with van der Waals surface area (Å²) >= 11 is 0. The number of halogens is 1. The van der Waals surface area contributed by atoms with Crippen molar-refractivity contribution in [1.29, 1.82) is 0 Å². The Morgan fingerprint density at radius 2 is 1.90 bits per heavy atom. The van der Waals surface area contributed by atoms with E-state index in [4.69, 9.17) is 9.73 Å². The number of guanidine groups is 1. The number of likely N-dealkylation sites (N-methyl/N-ethyl adjacent to an activating group) is 1. The fourth-order valence-corrected chi connectivity index (χ4v) is 4.32. The minimum Gasteiger partial charge on any atom is -0.496 e. The molecule has 1 aromatic carbocycles. The third-order valence-electron chi connectivity index (χ3n) is 6.06. The zero-order chi connectivity index (χ0) is 21.1. The van der Waals surface area contributed by atoms with Crippen LogP contribution in [-0.2, 0) is 0 Å². The smallest absolute Gasteiger partial charge is 0.191 e. The molecule has 30 heavy (non-hydrogen) atoms. The molecule has 1 aliphatic carbocycles. The zero-order valence-corrected chi connectivity index (χ0v) is 21.4. The molecule has 1 aliphatic rings. The monoisotopic (exact) mass is 532 g/mol. The first-order valence-corrected chi connectivity index (χ1v) is 11.0. The van der Waals surface area contributed by atoms with Gasteiger partial charge in [0.1, 0.15) is 5.75 Å². The van der Waals surface area contributed by atoms with Gasteiger partial charge >= 0.3 is 0 Å². The number of benzene rings is 1. The van der Waals surface area contributed by atoms with Gasteiger partial charge in [-0.05, 0) is 51.8 Å². The van der Waals surface area contributed by atoms with Crippen LogP contribution in [0.4, 0.5) is 0 Å². The number of methoxy groups -OCH3 is 1. The molecule has 7 heteroatoms. The van der Waals surface area contributed by atoms with E-state index in [2.05, 4.69) is 48.7 Å². The van der Waals surface area contributed by atoms with E-state index in [0.717, 1.165) is 56.2 Å². The van der Waals surface area contributed by atoms with E-state index in [1.54, 1.807) is 7.11 Å². The standard InChI is InChI=1S/C23H40N4O2.HI/c1-5-24-22(26-18-23(15-16-28)13-9-6-10-14-23)25-17-20(27(2)3)19-11-7-8-12-21(19)29-4;/h7-8,11-12,20,28H,5-6,9-10,13-18H2,1-4H3,(H2,24,25,26);1H. The lowest BCUT2D eigenvalue weighted by Gasteiger charge is -2.36. The lowest BCUT2D eigenvalue weighted by Crippen LogP contribution is -2.42. The van der Waals surface area contributed by atoms with E-state index in [-0.39, 0.29) is 42.0 Å². The summed E-state index contributed by atoms with van der Waals surface area (Å²) in [5, 5.41) is 16.5. The Hall–Kier alpha value is -1.06. The van der Waals surface area contributed by atoms with Crippen LogP contribution in [0.1, 0.15) is 57.1 Å². The van der Waals surface area contributed by atoms with Crippen LogP contribution in [0.3, 0.4) is 0 Å². The molecule has 1 unspecified atom stereocenters. The molecule has 6 nitrogen and oxygen atoms in total. The Kier molecular flexibility index (Phi) is 12.7. The van der Waals surface area contributed by atoms with Gasteiger partial charge in [-0.15, -0.1) is 24.0 Å². The number of hydrogen-bond donors (Lipinski definition) is 3. The highest BCUT2D eigenvalue weighted by molar-refractivity contribution is 14.0. The molecule has 3 N–H and O–H groups in total. The summed E-state index contributed by atoms with van der Waals surface area (Å²) in [7, 11) is 5.89. The van der Waals surface area contributed by atoms with Gasteiger partial charge < -0.3 is 25.4 Å². The predicted octanol–water partition coefficient (Wildman–Crippen LogP) is 3.80. The summed E-state index contributed by atoms with van der Waals surface area (Å²) < 4.78 is 5.57. The van der Waals surface area contributed by atoms with Crippen molar-refractivity contribution in [3.63, 3.8) is 0 Å². The van der Waals surface area contributed by atoms with Crippen LogP contribution in [0.25, 0.3) is 0 Å². The molecular weight excluding hydrogens is 491 g/mol. The second kappa shape index (κ2) is 14.1. The summed E-state index contributed by atoms with van der Waals surface area (Å²) in [5.41, 5.74) is 1.31. The maximum atomic E-state index is 9.57. The van der Waals surface area contributed by atoms with Crippen molar-refractivity contribution < 1.29 is 9.84 Å². The molecule has 0 radical (unpaired) electrons. The number of hydrogen-bond acceptors (Lipinski definition) is 4. The average molecular weight is 533 g/mol. The number of nitrogens with one attached hydrogen (secondary N) is 2. The SMILES string of the molecule is CCNC(=NCC1(CCO)CCCCC1)NCC(c1ccccc1OC)N(C)C.I. The maximum Gasteiger partial charge on any atom is 0.191 e. The van der Waals surface area contributed by atoms with Crippen molar-refractivity contribution in [1.82, 2.24) is 15.5 Å². The number of aliphatic hydroxyl groups is 1. The highest BCUT2D eigenvalue weighted by Crippen LogP contribution is 2.39. The molecule has 0 aromatic heterocycles. The Morgan fingerprint density at radius 3 is 2.50 bits per heavy atom. The number of para-hydroxylation sites is 1. The van der Waals surface area contributed by atoms with E-state index in [1.165, 1.54) is 19.3 Å². The fourth-order valence-electron chi connectivity index (χ4n) is 4.32. The third kappa shape index (κ3) is 7.89. The first-order chi connectivity index (χ1) is 14.0. The average Bonchev–Trinajstić information content (AvgIpc) is 2.73. The number of aliphatic imine (C=N–C) groups is 1. The quantitative estimate of drug-likeness (QED) is 0.243. The van der Waals surface area contributed by atoms with Gasteiger partial charge in [0.25, 0.3) is 0 Å². The van der Waals surface area contributed by atoms with Gasteiger partial charge in [-0.3, -0.25) is 4.99 Å². The molecule has 0 aliphatic heterocycles. The highest BCUT2D eigenvalue weighted by Gasteiger charge is 2.31. The van der Waals surface area contributed by atoms with Crippen LogP contribution < -0.4 is 15.4 Å². The van der Waals surface area contributed by atoms with Crippen LogP contribution >= 0.6 is 24.0 Å². The van der Waals surface area contributed by atoms with E-state index >= 15 is 0 Å². The van der Waals surface area contributed by atoms with Gasteiger partial charge in [-0.2, -0.15) is 0 Å². The molecule has 0 amide bonds. The maximum absolute atomic E-state index is 9.57. The molecule has 1 saturated carbocycles. The van der Waals surface area contributed by atoms with Crippen molar-refractivity contribution in [3.05, 3.63) is 29.8 Å². The molecule has 0 bridgehead atoms. The first kappa shape index (κ1) is 27.0. The topological polar surface area (TPSA) is 69.1 Å². The van der Waals surface area contributed by atoms with E-state index in [1.807, 2.05) is 12.1 Å². The zero-order valence-electron chi connectivity index (χ0n) is 19.1. The molecule has 0 saturated heterocycles. The Labute approximate surface area is 199 Å². The summed E-state index contributed by atoms with van der Waals surface area (Å²) in [6.07, 6.45) is 6.97. The minimum absolute atomic E-state index is 0. The molecular formula is C23H41IN4O2. The van der Waals surface area contributed by atoms with Crippen molar-refractivity contribution >= 4 is 29.9 Å². The van der Waals surface area contributed by atoms with Crippen molar-refractivity contribution in [2.75, 3.05) is 47.4 Å². The van der Waals surface area contributed by atoms with Gasteiger partial charge in [0.15, 0.2) is 5.96 Å². The van der Waals surface area contributed by atoms with Crippen LogP contribution in [0, 0.1) is 5.41 Å². The highest BCUT2D eigenvalue weighted by atomic mass is 127. The fraction of sp³-hybridized carbons (Fsp3) is 0.696. The van der Waals surface area contributed by atoms with Crippen LogP contribution in [-0.4, -0.2) is 63.4 Å². The Bertz CT molecular complexity index is 628. The van der Waals surface area contributed by atoms with Crippen LogP contribution in [0.2, 0.25) is 0 Å². The number of aliphatic hydroxyl groups excluding tert-OH is 1. The summed E-state index contributed by atoms with van der Waals surface area (Å²) in [6, 6.07) is 8.34. The molecule has 0 heterocycles. The first-order valence-electron chi connectivity index (χ1n) is 11.0. The summed E-state index contributed by atoms with van der Waals surface area (Å²) in [4.78, 5) is 7.13. The normalized spacial score (nSPS) is 17.2. The van der Waals surface area contributed by atoms with Crippen molar-refractivity contribution in [2.24, 2.45) is 10.4 Å². The van der Waals surface area contributed by atoms with Gasteiger partial charge in [0.2, 0.25) is 0 Å². The molecule has 1 aromatic rings. The van der Waals surface area contributed by atoms with E-state index < -0.39 is 0 Å². The molecule has 2 rings (SSSR count). The number of ether oxygens (including phenoxy) is 1. The second-order valence-corrected chi connectivity index (χ2v) is 8.33. The molecule has 1 fully saturated rings. The lowest BCUT2D eigenvalue weighted by atomic mass is 9.72. The van der Waals surface area contributed by atoms with Gasteiger partial charge in [-0.1, -0.05) is 37.5 Å². The third-order valence-corrected chi connectivity index (χ3v) is 6.06. The van der Waals surface area contributed by atoms with Crippen molar-refractivity contribution in [3.8, 4) is 5.75 Å². The molecule has 172 valence electrons. The Balaban J connectivity index is 0.00000450. The van der Waals surface area contributed by atoms with Gasteiger partial charge in [-0.25, -0.2) is 0 Å². The van der Waals surface area contributed by atoms with E-state index in [0.29, 0.717) is 0 Å². The lowest BCUT2D eigenvalue weighted by molar-refractivity contribution is 0.137. The number of rotatable bonds is 10. The van der Waals surface area contributed by atoms with E-state index in [9.17, 15) is 5.11 Å². The van der Waals surface area contributed by atoms with Gasteiger partial charge in [0, 0.05) is 31.8 Å². The van der Waals surface area contributed by atoms with Gasteiger partial charge in [0.05, 0.1) is 13.2 Å². The van der Waals surface area contributed by atoms with Crippen molar-refractivity contribution in [2.45, 2.75) is 51.5 Å². The predicted molar refractivity (Wildman–Crippen MR) is 136 cm³/mol. The second-order valence-electron chi connectivity index (χ2n) is 8.33. The molecule has 1 atom stereocenters.